The topological polar surface area (TPSA) is 89.7 Å². The number of nitro groups is 1. The van der Waals surface area contributed by atoms with Crippen molar-refractivity contribution in [3.8, 4) is 5.75 Å². The van der Waals surface area contributed by atoms with E-state index >= 15 is 0 Å². The van der Waals surface area contributed by atoms with Gasteiger partial charge in [-0.3, -0.25) is 14.9 Å². The smallest absolute Gasteiger partial charge is 0.315 e. The molecule has 0 bridgehead atoms. The number of benzene rings is 1. The van der Waals surface area contributed by atoms with Gasteiger partial charge in [0.25, 0.3) is 0 Å². The SMILES string of the molecule is Cc1cc(Br)c(C)c([N+](=O)[O-])c1OCCCC(C)(C)C(=O)O. The first-order chi connectivity index (χ1) is 10.1. The van der Waals surface area contributed by atoms with Gasteiger partial charge in [-0.15, -0.1) is 0 Å². The van der Waals surface area contributed by atoms with Gasteiger partial charge in [-0.1, -0.05) is 15.9 Å². The van der Waals surface area contributed by atoms with Crippen LogP contribution in [0.1, 0.15) is 37.8 Å². The van der Waals surface area contributed by atoms with E-state index in [-0.39, 0.29) is 18.0 Å². The van der Waals surface area contributed by atoms with Gasteiger partial charge in [0.15, 0.2) is 5.75 Å². The lowest BCUT2D eigenvalue weighted by molar-refractivity contribution is -0.386. The highest BCUT2D eigenvalue weighted by Crippen LogP contribution is 2.38. The van der Waals surface area contributed by atoms with Gasteiger partial charge in [0.05, 0.1) is 16.9 Å². The van der Waals surface area contributed by atoms with Crippen molar-refractivity contribution < 1.29 is 19.6 Å². The zero-order valence-electron chi connectivity index (χ0n) is 13.1. The number of halogens is 1. The summed E-state index contributed by atoms with van der Waals surface area (Å²) in [5, 5.41) is 20.3. The number of hydrogen-bond donors (Lipinski definition) is 1. The van der Waals surface area contributed by atoms with Crippen molar-refractivity contribution in [1.29, 1.82) is 0 Å². The maximum atomic E-state index is 11.3. The van der Waals surface area contributed by atoms with E-state index in [1.807, 2.05) is 0 Å². The van der Waals surface area contributed by atoms with E-state index in [0.29, 0.717) is 28.4 Å². The minimum Gasteiger partial charge on any atom is -0.487 e. The average molecular weight is 374 g/mol. The van der Waals surface area contributed by atoms with E-state index in [0.717, 1.165) is 0 Å². The fraction of sp³-hybridized carbons (Fsp3) is 0.533. The van der Waals surface area contributed by atoms with Crippen LogP contribution in [0.2, 0.25) is 0 Å². The number of nitrogens with zero attached hydrogens (tertiary/aromatic N) is 1. The molecule has 0 unspecified atom stereocenters. The zero-order chi connectivity index (χ0) is 17.1. The molecule has 0 aliphatic rings. The summed E-state index contributed by atoms with van der Waals surface area (Å²) in [4.78, 5) is 21.8. The van der Waals surface area contributed by atoms with Crippen LogP contribution in [0.5, 0.6) is 5.75 Å². The van der Waals surface area contributed by atoms with E-state index < -0.39 is 16.3 Å². The van der Waals surface area contributed by atoms with Crippen LogP contribution < -0.4 is 4.74 Å². The largest absolute Gasteiger partial charge is 0.487 e. The Morgan fingerprint density at radius 2 is 2.05 bits per heavy atom. The maximum Gasteiger partial charge on any atom is 0.315 e. The maximum absolute atomic E-state index is 11.3. The molecule has 0 aromatic heterocycles. The Morgan fingerprint density at radius 1 is 1.45 bits per heavy atom. The number of aryl methyl sites for hydroxylation is 1. The van der Waals surface area contributed by atoms with Crippen molar-refractivity contribution in [3.05, 3.63) is 31.8 Å². The van der Waals surface area contributed by atoms with Gasteiger partial charge < -0.3 is 9.84 Å². The molecule has 1 aromatic carbocycles. The van der Waals surface area contributed by atoms with E-state index in [9.17, 15) is 14.9 Å². The van der Waals surface area contributed by atoms with Gasteiger partial charge >= 0.3 is 11.7 Å². The second-order valence-corrected chi connectivity index (χ2v) is 6.73. The number of ether oxygens (including phenoxy) is 1. The number of rotatable bonds is 7. The molecule has 1 N–H and O–H groups in total. The number of hydrogen-bond acceptors (Lipinski definition) is 4. The molecule has 0 aliphatic heterocycles. The summed E-state index contributed by atoms with van der Waals surface area (Å²) in [6, 6.07) is 1.78. The van der Waals surface area contributed by atoms with Crippen LogP contribution >= 0.6 is 15.9 Å². The quantitative estimate of drug-likeness (QED) is 0.438. The van der Waals surface area contributed by atoms with Crippen LogP contribution in [0.4, 0.5) is 5.69 Å². The molecule has 0 spiro atoms. The van der Waals surface area contributed by atoms with E-state index in [2.05, 4.69) is 15.9 Å². The van der Waals surface area contributed by atoms with Gasteiger partial charge in [-0.2, -0.15) is 0 Å². The van der Waals surface area contributed by atoms with Crippen LogP contribution in [0, 0.1) is 29.4 Å². The van der Waals surface area contributed by atoms with E-state index in [1.165, 1.54) is 0 Å². The average Bonchev–Trinajstić information content (AvgIpc) is 2.39. The van der Waals surface area contributed by atoms with Crippen molar-refractivity contribution in [3.63, 3.8) is 0 Å². The number of carboxylic acid groups (broad SMARTS) is 1. The molecular formula is C15H20BrNO5. The minimum absolute atomic E-state index is 0.0515. The molecule has 122 valence electrons. The first-order valence-electron chi connectivity index (χ1n) is 6.88. The summed E-state index contributed by atoms with van der Waals surface area (Å²) in [7, 11) is 0. The Kier molecular flexibility index (Phi) is 5.93. The Bertz CT molecular complexity index is 598. The second-order valence-electron chi connectivity index (χ2n) is 5.88. The Labute approximate surface area is 137 Å². The number of carboxylic acids is 1. The third-order valence-corrected chi connectivity index (χ3v) is 4.41. The Morgan fingerprint density at radius 3 is 2.55 bits per heavy atom. The number of carbonyl (C=O) groups is 1. The highest BCUT2D eigenvalue weighted by Gasteiger charge is 2.27. The lowest BCUT2D eigenvalue weighted by Crippen LogP contribution is -2.24. The van der Waals surface area contributed by atoms with Gasteiger partial charge in [-0.05, 0) is 52.2 Å². The minimum atomic E-state index is -0.867. The van der Waals surface area contributed by atoms with Crippen molar-refractivity contribution >= 4 is 27.6 Å². The standard InChI is InChI=1S/C15H20BrNO5/c1-9-8-11(16)10(2)12(17(20)21)13(9)22-7-5-6-15(3,4)14(18)19/h8H,5-7H2,1-4H3,(H,18,19). The van der Waals surface area contributed by atoms with Crippen molar-refractivity contribution in [2.45, 2.75) is 40.5 Å². The monoisotopic (exact) mass is 373 g/mol. The van der Waals surface area contributed by atoms with Crippen molar-refractivity contribution in [2.75, 3.05) is 6.61 Å². The molecule has 22 heavy (non-hydrogen) atoms. The summed E-state index contributed by atoms with van der Waals surface area (Å²) < 4.78 is 6.25. The lowest BCUT2D eigenvalue weighted by Gasteiger charge is -2.19. The first-order valence-corrected chi connectivity index (χ1v) is 7.67. The zero-order valence-corrected chi connectivity index (χ0v) is 14.7. The van der Waals surface area contributed by atoms with Gasteiger partial charge in [0.2, 0.25) is 0 Å². The number of aliphatic carboxylic acids is 1. The molecule has 0 radical (unpaired) electrons. The van der Waals surface area contributed by atoms with E-state index in [1.54, 1.807) is 33.8 Å². The summed E-state index contributed by atoms with van der Waals surface area (Å²) in [5.41, 5.74) is 0.294. The molecule has 0 amide bonds. The van der Waals surface area contributed by atoms with Crippen molar-refractivity contribution in [2.24, 2.45) is 5.41 Å². The highest BCUT2D eigenvalue weighted by molar-refractivity contribution is 9.10. The molecule has 0 atom stereocenters. The van der Waals surface area contributed by atoms with Crippen LogP contribution in [-0.4, -0.2) is 22.6 Å². The molecule has 0 saturated heterocycles. The highest BCUT2D eigenvalue weighted by atomic mass is 79.9. The molecule has 1 aromatic rings. The molecule has 1 rings (SSSR count). The third-order valence-electron chi connectivity index (χ3n) is 3.58. The molecule has 0 aliphatic carbocycles. The lowest BCUT2D eigenvalue weighted by atomic mass is 9.88. The fourth-order valence-corrected chi connectivity index (χ4v) is 2.56. The van der Waals surface area contributed by atoms with Crippen LogP contribution in [0.25, 0.3) is 0 Å². The summed E-state index contributed by atoms with van der Waals surface area (Å²) in [5.74, 6) is -0.618. The molecule has 6 nitrogen and oxygen atoms in total. The molecule has 0 heterocycles. The fourth-order valence-electron chi connectivity index (χ4n) is 2.03. The molecule has 7 heteroatoms. The first kappa shape index (κ1) is 18.4. The van der Waals surface area contributed by atoms with Gasteiger partial charge in [0, 0.05) is 10.0 Å². The Hall–Kier alpha value is -1.63. The van der Waals surface area contributed by atoms with Gasteiger partial charge in [0.1, 0.15) is 0 Å². The molecule has 0 saturated carbocycles. The third kappa shape index (κ3) is 4.19. The normalized spacial score (nSPS) is 11.3. The van der Waals surface area contributed by atoms with Gasteiger partial charge in [-0.25, -0.2) is 0 Å². The van der Waals surface area contributed by atoms with Crippen LogP contribution in [0.3, 0.4) is 0 Å². The second kappa shape index (κ2) is 7.09. The molecular weight excluding hydrogens is 354 g/mol. The van der Waals surface area contributed by atoms with E-state index in [4.69, 9.17) is 9.84 Å². The number of nitro benzene ring substituents is 1. The predicted octanol–water partition coefficient (Wildman–Crippen LogP) is 4.24. The Balaban J connectivity index is 2.85. The summed E-state index contributed by atoms with van der Waals surface area (Å²) in [6.07, 6.45) is 0.940. The molecule has 0 fully saturated rings. The summed E-state index contributed by atoms with van der Waals surface area (Å²) >= 11 is 3.30. The predicted molar refractivity (Wildman–Crippen MR) is 86.4 cm³/mol. The van der Waals surface area contributed by atoms with Crippen LogP contribution in [0.15, 0.2) is 10.5 Å². The summed E-state index contributed by atoms with van der Waals surface area (Å²) in [6.45, 7) is 6.93. The van der Waals surface area contributed by atoms with Crippen molar-refractivity contribution in [1.82, 2.24) is 0 Å². The van der Waals surface area contributed by atoms with Crippen LogP contribution in [-0.2, 0) is 4.79 Å².